The zero-order chi connectivity index (χ0) is 22.7. The maximum absolute atomic E-state index is 13.0. The number of nitrogens with zero attached hydrogens (tertiary/aromatic N) is 1. The van der Waals surface area contributed by atoms with E-state index in [2.05, 4.69) is 22.3 Å². The average molecular weight is 465 g/mol. The molecule has 2 aromatic rings. The molecular formula is C25H28ClF3N2O. The van der Waals surface area contributed by atoms with Gasteiger partial charge >= 0.3 is 6.18 Å². The highest BCUT2D eigenvalue weighted by Crippen LogP contribution is 2.31. The molecule has 0 aromatic heterocycles. The molecule has 1 heterocycles. The van der Waals surface area contributed by atoms with Crippen LogP contribution in [0, 0.1) is 5.92 Å². The van der Waals surface area contributed by atoms with E-state index in [4.69, 9.17) is 11.6 Å². The lowest BCUT2D eigenvalue weighted by Crippen LogP contribution is -2.51. The molecule has 3 nitrogen and oxygen atoms in total. The molecule has 4 rings (SSSR count). The highest BCUT2D eigenvalue weighted by atomic mass is 35.5. The number of likely N-dealkylation sites (tertiary alicyclic amines) is 1. The van der Waals surface area contributed by atoms with Crippen molar-refractivity contribution in [3.05, 3.63) is 70.2 Å². The summed E-state index contributed by atoms with van der Waals surface area (Å²) in [5.41, 5.74) is 0.572. The van der Waals surface area contributed by atoms with Crippen LogP contribution in [0.1, 0.15) is 53.6 Å². The van der Waals surface area contributed by atoms with Gasteiger partial charge in [-0.05, 0) is 93.4 Å². The van der Waals surface area contributed by atoms with Crippen molar-refractivity contribution in [2.45, 2.75) is 56.8 Å². The second-order valence-electron chi connectivity index (χ2n) is 8.97. The van der Waals surface area contributed by atoms with Crippen LogP contribution < -0.4 is 5.32 Å². The van der Waals surface area contributed by atoms with Crippen LogP contribution in [0.25, 0.3) is 0 Å². The molecular weight excluding hydrogens is 437 g/mol. The third kappa shape index (κ3) is 5.65. The van der Waals surface area contributed by atoms with Gasteiger partial charge in [-0.15, -0.1) is 0 Å². The van der Waals surface area contributed by atoms with Crippen LogP contribution in [0.4, 0.5) is 13.2 Å². The summed E-state index contributed by atoms with van der Waals surface area (Å²) in [6.45, 7) is 1.97. The molecule has 0 radical (unpaired) electrons. The van der Waals surface area contributed by atoms with Gasteiger partial charge in [0, 0.05) is 22.7 Å². The molecule has 172 valence electrons. The van der Waals surface area contributed by atoms with Crippen molar-refractivity contribution in [1.82, 2.24) is 10.2 Å². The lowest BCUT2D eigenvalue weighted by atomic mass is 9.89. The maximum Gasteiger partial charge on any atom is 0.416 e. The SMILES string of the molecule is O=C(N[C@@H]1CCC[C@H]1N1CCC(Cc2ccc(Cl)cc2)CC1)c1cccc(C(F)(F)F)c1. The Morgan fingerprint density at radius 3 is 2.44 bits per heavy atom. The third-order valence-electron chi connectivity index (χ3n) is 6.80. The fourth-order valence-electron chi connectivity index (χ4n) is 5.08. The van der Waals surface area contributed by atoms with Gasteiger partial charge in [0.2, 0.25) is 0 Å². The Labute approximate surface area is 191 Å². The number of benzene rings is 2. The predicted molar refractivity (Wildman–Crippen MR) is 120 cm³/mol. The lowest BCUT2D eigenvalue weighted by molar-refractivity contribution is -0.137. The summed E-state index contributed by atoms with van der Waals surface area (Å²) in [5, 5.41) is 3.77. The number of hydrogen-bond acceptors (Lipinski definition) is 2. The van der Waals surface area contributed by atoms with Crippen molar-refractivity contribution in [2.24, 2.45) is 5.92 Å². The topological polar surface area (TPSA) is 32.3 Å². The normalized spacial score (nSPS) is 22.8. The van der Waals surface area contributed by atoms with Crippen molar-refractivity contribution in [3.63, 3.8) is 0 Å². The van der Waals surface area contributed by atoms with Crippen LogP contribution in [0.15, 0.2) is 48.5 Å². The summed E-state index contributed by atoms with van der Waals surface area (Å²) in [6.07, 6.45) is 1.69. The van der Waals surface area contributed by atoms with Crippen LogP contribution in [0.3, 0.4) is 0 Å². The standard InChI is InChI=1S/C25H28ClF3N2O/c26-21-9-7-17(8-10-21)15-18-11-13-31(14-12-18)23-6-2-5-22(23)30-24(32)19-3-1-4-20(16-19)25(27,28)29/h1,3-4,7-10,16,18,22-23H,2,5-6,11-15H2,(H,30,32)/t22-,23-/m1/s1. The molecule has 1 saturated carbocycles. The van der Waals surface area contributed by atoms with Gasteiger partial charge in [0.05, 0.1) is 5.56 Å². The number of rotatable bonds is 5. The van der Waals surface area contributed by atoms with Crippen molar-refractivity contribution in [1.29, 1.82) is 0 Å². The van der Waals surface area contributed by atoms with Gasteiger partial charge in [0.15, 0.2) is 0 Å². The van der Waals surface area contributed by atoms with E-state index in [-0.39, 0.29) is 17.6 Å². The Bertz CT molecular complexity index is 924. The second-order valence-corrected chi connectivity index (χ2v) is 9.40. The number of hydrogen-bond donors (Lipinski definition) is 1. The number of carbonyl (C=O) groups excluding carboxylic acids is 1. The van der Waals surface area contributed by atoms with Crippen molar-refractivity contribution >= 4 is 17.5 Å². The summed E-state index contributed by atoms with van der Waals surface area (Å²) >= 11 is 5.98. The number of alkyl halides is 3. The summed E-state index contributed by atoms with van der Waals surface area (Å²) in [6, 6.07) is 12.9. The van der Waals surface area contributed by atoms with Gasteiger partial charge in [0.25, 0.3) is 5.91 Å². The van der Waals surface area contributed by atoms with Gasteiger partial charge < -0.3 is 5.32 Å². The molecule has 2 aliphatic rings. The van der Waals surface area contributed by atoms with E-state index in [9.17, 15) is 18.0 Å². The largest absolute Gasteiger partial charge is 0.416 e. The summed E-state index contributed by atoms with van der Waals surface area (Å²) in [4.78, 5) is 15.1. The first-order chi connectivity index (χ1) is 15.3. The number of nitrogens with one attached hydrogen (secondary N) is 1. The van der Waals surface area contributed by atoms with Crippen LogP contribution in [-0.4, -0.2) is 36.0 Å². The van der Waals surface area contributed by atoms with Gasteiger partial charge in [-0.1, -0.05) is 29.8 Å². The van der Waals surface area contributed by atoms with Crippen LogP contribution in [0.2, 0.25) is 5.02 Å². The van der Waals surface area contributed by atoms with E-state index >= 15 is 0 Å². The fourth-order valence-corrected chi connectivity index (χ4v) is 5.20. The Kier molecular flexibility index (Phi) is 7.11. The van der Waals surface area contributed by atoms with E-state index in [0.717, 1.165) is 68.8 Å². The zero-order valence-electron chi connectivity index (χ0n) is 17.9. The maximum atomic E-state index is 13.0. The molecule has 0 unspecified atom stereocenters. The Morgan fingerprint density at radius 1 is 1.03 bits per heavy atom. The van der Waals surface area contributed by atoms with Gasteiger partial charge in [0.1, 0.15) is 0 Å². The smallest absolute Gasteiger partial charge is 0.348 e. The van der Waals surface area contributed by atoms with Crippen molar-refractivity contribution < 1.29 is 18.0 Å². The summed E-state index contributed by atoms with van der Waals surface area (Å²) in [5.74, 6) is 0.206. The molecule has 32 heavy (non-hydrogen) atoms. The monoisotopic (exact) mass is 464 g/mol. The quantitative estimate of drug-likeness (QED) is 0.591. The van der Waals surface area contributed by atoms with Gasteiger partial charge in [-0.25, -0.2) is 0 Å². The summed E-state index contributed by atoms with van der Waals surface area (Å²) in [7, 11) is 0. The number of piperidine rings is 1. The Balaban J connectivity index is 1.32. The molecule has 0 bridgehead atoms. The van der Waals surface area contributed by atoms with E-state index in [1.807, 2.05) is 12.1 Å². The molecule has 1 amide bonds. The first kappa shape index (κ1) is 23.1. The van der Waals surface area contributed by atoms with Gasteiger partial charge in [-0.2, -0.15) is 13.2 Å². The first-order valence-corrected chi connectivity index (χ1v) is 11.6. The molecule has 2 aromatic carbocycles. The molecule has 0 spiro atoms. The highest BCUT2D eigenvalue weighted by molar-refractivity contribution is 6.30. The molecule has 1 aliphatic carbocycles. The van der Waals surface area contributed by atoms with Crippen LogP contribution >= 0.6 is 11.6 Å². The van der Waals surface area contributed by atoms with Crippen molar-refractivity contribution in [2.75, 3.05) is 13.1 Å². The van der Waals surface area contributed by atoms with E-state index in [0.29, 0.717) is 5.92 Å². The minimum absolute atomic E-state index is 0.0233. The predicted octanol–water partition coefficient (Wildman–Crippen LogP) is 5.96. The van der Waals surface area contributed by atoms with E-state index in [1.54, 1.807) is 0 Å². The summed E-state index contributed by atoms with van der Waals surface area (Å²) < 4.78 is 39.0. The molecule has 1 aliphatic heterocycles. The fraction of sp³-hybridized carbons (Fsp3) is 0.480. The molecule has 2 atom stereocenters. The number of carbonyl (C=O) groups is 1. The second kappa shape index (κ2) is 9.84. The highest BCUT2D eigenvalue weighted by Gasteiger charge is 2.36. The molecule has 1 saturated heterocycles. The number of halogens is 4. The first-order valence-electron chi connectivity index (χ1n) is 11.3. The number of amides is 1. The van der Waals surface area contributed by atoms with Crippen LogP contribution in [0.5, 0.6) is 0 Å². The van der Waals surface area contributed by atoms with E-state index in [1.165, 1.54) is 17.7 Å². The molecule has 2 fully saturated rings. The third-order valence-corrected chi connectivity index (χ3v) is 7.06. The van der Waals surface area contributed by atoms with Gasteiger partial charge in [-0.3, -0.25) is 9.69 Å². The van der Waals surface area contributed by atoms with Crippen molar-refractivity contribution in [3.8, 4) is 0 Å². The minimum Gasteiger partial charge on any atom is -0.348 e. The lowest BCUT2D eigenvalue weighted by Gasteiger charge is -2.38. The van der Waals surface area contributed by atoms with E-state index < -0.39 is 17.6 Å². The average Bonchev–Trinajstić information content (AvgIpc) is 3.23. The van der Waals surface area contributed by atoms with Crippen LogP contribution in [-0.2, 0) is 12.6 Å². The Hall–Kier alpha value is -2.05. The zero-order valence-corrected chi connectivity index (χ0v) is 18.6. The minimum atomic E-state index is -4.46. The Morgan fingerprint density at radius 2 is 1.75 bits per heavy atom. The molecule has 7 heteroatoms. The molecule has 1 N–H and O–H groups in total.